The van der Waals surface area contributed by atoms with E-state index in [9.17, 15) is 39.9 Å². The molecule has 0 bridgehead atoms. The maximum absolute atomic E-state index is 13.5. The first-order chi connectivity index (χ1) is 26.3. The summed E-state index contributed by atoms with van der Waals surface area (Å²) in [5.41, 5.74) is -1.20. The van der Waals surface area contributed by atoms with Crippen LogP contribution in [0.1, 0.15) is 132 Å². The molecule has 2 saturated carbocycles. The van der Waals surface area contributed by atoms with Crippen LogP contribution in [-0.2, 0) is 30.3 Å². The molecule has 0 radical (unpaired) electrons. The minimum Gasteiger partial charge on any atom is -0.467 e. The fourth-order valence-corrected chi connectivity index (χ4v) is 12.3. The van der Waals surface area contributed by atoms with Gasteiger partial charge in [-0.1, -0.05) is 83.0 Å². The van der Waals surface area contributed by atoms with E-state index in [4.69, 9.17) is 9.47 Å². The fourth-order valence-electron chi connectivity index (χ4n) is 12.3. The normalized spacial score (nSPS) is 34.8. The van der Waals surface area contributed by atoms with Gasteiger partial charge in [-0.25, -0.2) is 4.79 Å². The molecule has 0 aromatic heterocycles. The summed E-state index contributed by atoms with van der Waals surface area (Å²) >= 11 is 0. The van der Waals surface area contributed by atoms with Crippen LogP contribution < -0.4 is 5.32 Å². The van der Waals surface area contributed by atoms with Crippen LogP contribution in [0.5, 0.6) is 0 Å². The van der Waals surface area contributed by atoms with E-state index in [0.717, 1.165) is 37.7 Å². The standard InChI is InChI=1S/C46H71NO10/c1-27(16-19-35(49)42(4,5)54)29-20-21-45(8)30-17-18-34-41(2,3)39(33(48)24-44(34,7)31(30)23-36(50)46(29,45)9)57-38(52)26-43(6,55)25-37(51)47-32(40(53)56-10)22-28-14-12-11-13-15-28/h11-15,27,29,32-36,39,48-50,54-55H,16-26H2,1-10H3,(H,47,51). The molecule has 5 rings (SSSR count). The molecular formula is C46H71NO10. The summed E-state index contributed by atoms with van der Waals surface area (Å²) in [6.07, 6.45) is 1.74. The highest BCUT2D eigenvalue weighted by Gasteiger charge is 2.67. The Balaban J connectivity index is 1.27. The van der Waals surface area contributed by atoms with E-state index in [2.05, 4.69) is 33.0 Å². The first-order valence-corrected chi connectivity index (χ1v) is 21.1. The Hall–Kier alpha value is -2.83. The Bertz CT molecular complexity index is 1670. The van der Waals surface area contributed by atoms with Crippen LogP contribution in [0, 0.1) is 39.4 Å². The monoisotopic (exact) mass is 798 g/mol. The predicted molar refractivity (Wildman–Crippen MR) is 216 cm³/mol. The van der Waals surface area contributed by atoms with Gasteiger partial charge in [0.2, 0.25) is 5.91 Å². The van der Waals surface area contributed by atoms with Crippen molar-refractivity contribution in [3.63, 3.8) is 0 Å². The lowest BCUT2D eigenvalue weighted by atomic mass is 9.42. The van der Waals surface area contributed by atoms with Crippen molar-refractivity contribution in [2.45, 2.75) is 175 Å². The zero-order valence-corrected chi connectivity index (χ0v) is 36.1. The van der Waals surface area contributed by atoms with E-state index in [1.807, 2.05) is 44.2 Å². The van der Waals surface area contributed by atoms with Crippen molar-refractivity contribution in [3.8, 4) is 0 Å². The van der Waals surface area contributed by atoms with Crippen LogP contribution in [0.25, 0.3) is 0 Å². The molecule has 11 heteroatoms. The van der Waals surface area contributed by atoms with Gasteiger partial charge < -0.3 is 40.3 Å². The molecule has 2 fully saturated rings. The fraction of sp³-hybridized carbons (Fsp3) is 0.761. The van der Waals surface area contributed by atoms with E-state index in [1.165, 1.54) is 25.2 Å². The molecule has 4 aliphatic carbocycles. The van der Waals surface area contributed by atoms with E-state index >= 15 is 0 Å². The summed E-state index contributed by atoms with van der Waals surface area (Å²) in [4.78, 5) is 39.1. The number of ether oxygens (including phenoxy) is 2. The first-order valence-electron chi connectivity index (χ1n) is 21.1. The summed E-state index contributed by atoms with van der Waals surface area (Å²) in [5.74, 6) is -1.44. The number of hydrogen-bond donors (Lipinski definition) is 6. The first kappa shape index (κ1) is 45.3. The molecule has 1 aromatic carbocycles. The third-order valence-electron chi connectivity index (χ3n) is 15.6. The number of fused-ring (bicyclic) bond motifs is 4. The number of benzene rings is 1. The van der Waals surface area contributed by atoms with Crippen LogP contribution >= 0.6 is 0 Å². The van der Waals surface area contributed by atoms with Gasteiger partial charge in [0.05, 0.1) is 49.5 Å². The number of nitrogens with one attached hydrogen (secondary N) is 1. The Labute approximate surface area is 340 Å². The molecule has 1 aromatic rings. The van der Waals surface area contributed by atoms with E-state index in [1.54, 1.807) is 13.8 Å². The molecule has 1 amide bonds. The number of aliphatic hydroxyl groups excluding tert-OH is 3. The lowest BCUT2D eigenvalue weighted by molar-refractivity contribution is -0.198. The number of rotatable bonds is 14. The quantitative estimate of drug-likeness (QED) is 0.103. The zero-order chi connectivity index (χ0) is 42.5. The highest BCUT2D eigenvalue weighted by atomic mass is 16.6. The zero-order valence-electron chi connectivity index (χ0n) is 36.1. The molecule has 57 heavy (non-hydrogen) atoms. The molecular weight excluding hydrogens is 727 g/mol. The lowest BCUT2D eigenvalue weighted by Crippen LogP contribution is -2.62. The largest absolute Gasteiger partial charge is 0.467 e. The molecule has 0 heterocycles. The van der Waals surface area contributed by atoms with Gasteiger partial charge >= 0.3 is 11.9 Å². The average molecular weight is 798 g/mol. The number of carbonyl (C=O) groups excluding carboxylic acids is 3. The summed E-state index contributed by atoms with van der Waals surface area (Å²) in [6.45, 7) is 17.7. The third kappa shape index (κ3) is 8.61. The summed E-state index contributed by atoms with van der Waals surface area (Å²) < 4.78 is 11.0. The van der Waals surface area contributed by atoms with Gasteiger partial charge in [-0.3, -0.25) is 9.59 Å². The Kier molecular flexibility index (Phi) is 13.0. The number of allylic oxidation sites excluding steroid dienone is 1. The second-order valence-corrected chi connectivity index (χ2v) is 20.4. The molecule has 11 nitrogen and oxygen atoms in total. The molecule has 320 valence electrons. The molecule has 12 unspecified atom stereocenters. The van der Waals surface area contributed by atoms with Crippen LogP contribution in [0.4, 0.5) is 0 Å². The molecule has 0 saturated heterocycles. The van der Waals surface area contributed by atoms with Crippen LogP contribution in [0.2, 0.25) is 0 Å². The molecule has 12 atom stereocenters. The van der Waals surface area contributed by atoms with Gasteiger partial charge in [0.15, 0.2) is 0 Å². The van der Waals surface area contributed by atoms with Crippen molar-refractivity contribution in [1.29, 1.82) is 0 Å². The number of carbonyl (C=O) groups is 3. The van der Waals surface area contributed by atoms with Crippen molar-refractivity contribution < 1.29 is 49.4 Å². The number of hydrogen-bond acceptors (Lipinski definition) is 10. The minimum absolute atomic E-state index is 0.0377. The average Bonchev–Trinajstić information content (AvgIpc) is 3.40. The lowest BCUT2D eigenvalue weighted by Gasteiger charge is -2.64. The molecule has 6 N–H and O–H groups in total. The third-order valence-corrected chi connectivity index (χ3v) is 15.6. The Morgan fingerprint density at radius 2 is 1.60 bits per heavy atom. The van der Waals surface area contributed by atoms with E-state index in [0.29, 0.717) is 19.3 Å². The van der Waals surface area contributed by atoms with Crippen molar-refractivity contribution in [3.05, 3.63) is 47.0 Å². The summed E-state index contributed by atoms with van der Waals surface area (Å²) in [7, 11) is 1.24. The topological polar surface area (TPSA) is 183 Å². The van der Waals surface area contributed by atoms with Crippen molar-refractivity contribution >= 4 is 17.8 Å². The predicted octanol–water partition coefficient (Wildman–Crippen LogP) is 5.57. The van der Waals surface area contributed by atoms with Crippen LogP contribution in [0.15, 0.2) is 41.5 Å². The highest BCUT2D eigenvalue weighted by molar-refractivity contribution is 5.85. The summed E-state index contributed by atoms with van der Waals surface area (Å²) in [6, 6.07) is 8.20. The Morgan fingerprint density at radius 3 is 2.21 bits per heavy atom. The Morgan fingerprint density at radius 1 is 0.947 bits per heavy atom. The second kappa shape index (κ2) is 16.3. The van der Waals surface area contributed by atoms with Gasteiger partial charge in [-0.15, -0.1) is 0 Å². The number of aliphatic hydroxyl groups is 5. The summed E-state index contributed by atoms with van der Waals surface area (Å²) in [5, 5.41) is 58.9. The minimum atomic E-state index is -1.79. The van der Waals surface area contributed by atoms with Crippen molar-refractivity contribution in [2.75, 3.05) is 7.11 Å². The van der Waals surface area contributed by atoms with Gasteiger partial charge in [-0.05, 0) is 106 Å². The van der Waals surface area contributed by atoms with Crippen LogP contribution in [0.3, 0.4) is 0 Å². The van der Waals surface area contributed by atoms with Crippen LogP contribution in [-0.4, -0.2) is 92.1 Å². The van der Waals surface area contributed by atoms with Gasteiger partial charge in [-0.2, -0.15) is 0 Å². The maximum Gasteiger partial charge on any atom is 0.328 e. The molecule has 0 aliphatic heterocycles. The van der Waals surface area contributed by atoms with Gasteiger partial charge in [0.25, 0.3) is 0 Å². The maximum atomic E-state index is 13.5. The molecule has 4 aliphatic rings. The van der Waals surface area contributed by atoms with E-state index in [-0.39, 0.29) is 35.0 Å². The second-order valence-electron chi connectivity index (χ2n) is 20.4. The number of esters is 2. The number of amides is 1. The van der Waals surface area contributed by atoms with E-state index < -0.39 is 83.2 Å². The number of methoxy groups -OCH3 is 1. The van der Waals surface area contributed by atoms with Gasteiger partial charge in [0, 0.05) is 17.3 Å². The molecule has 0 spiro atoms. The highest BCUT2D eigenvalue weighted by Crippen LogP contribution is 2.72. The van der Waals surface area contributed by atoms with Gasteiger partial charge in [0.1, 0.15) is 12.1 Å². The van der Waals surface area contributed by atoms with Crippen molar-refractivity contribution in [1.82, 2.24) is 5.32 Å². The van der Waals surface area contributed by atoms with Crippen molar-refractivity contribution in [2.24, 2.45) is 39.4 Å². The smallest absolute Gasteiger partial charge is 0.328 e. The SMILES string of the molecule is COC(=O)C(Cc1ccccc1)NC(=O)CC(C)(O)CC(=O)OC1C(O)CC2(C)C3=C(CCC2C1(C)C)C1(C)CCC(C(C)CCC(O)C(C)(C)O)C1(C)C(O)C3.